The maximum atomic E-state index is 10.7. The average Bonchev–Trinajstić information content (AvgIpc) is 2.28. The highest BCUT2D eigenvalue weighted by atomic mass is 16.6. The van der Waals surface area contributed by atoms with Gasteiger partial charge in [0.25, 0.3) is 5.69 Å². The molecule has 8 nitrogen and oxygen atoms in total. The van der Waals surface area contributed by atoms with E-state index in [-0.39, 0.29) is 24.2 Å². The Hall–Kier alpha value is -1.93. The van der Waals surface area contributed by atoms with Crippen molar-refractivity contribution in [1.29, 1.82) is 0 Å². The van der Waals surface area contributed by atoms with Crippen LogP contribution < -0.4 is 16.6 Å². The van der Waals surface area contributed by atoms with Crippen molar-refractivity contribution >= 4 is 17.3 Å². The summed E-state index contributed by atoms with van der Waals surface area (Å²) < 4.78 is 0. The number of pyridine rings is 1. The molecule has 0 saturated heterocycles. The lowest BCUT2D eigenvalue weighted by atomic mass is 10.2. The molecule has 0 amide bonds. The Bertz CT molecular complexity index is 398. The first kappa shape index (κ1) is 13.1. The van der Waals surface area contributed by atoms with Gasteiger partial charge in [0.05, 0.1) is 17.1 Å². The molecule has 1 aromatic rings. The minimum atomic E-state index is -0.523. The van der Waals surface area contributed by atoms with Crippen molar-refractivity contribution in [3.63, 3.8) is 0 Å². The van der Waals surface area contributed by atoms with E-state index >= 15 is 0 Å². The zero-order chi connectivity index (χ0) is 12.8. The average molecular weight is 241 g/mol. The van der Waals surface area contributed by atoms with Crippen LogP contribution in [0.1, 0.15) is 13.3 Å². The molecule has 1 aromatic heterocycles. The Labute approximate surface area is 98.0 Å². The highest BCUT2D eigenvalue weighted by Crippen LogP contribution is 2.20. The van der Waals surface area contributed by atoms with Crippen molar-refractivity contribution in [2.24, 2.45) is 5.84 Å². The van der Waals surface area contributed by atoms with Crippen molar-refractivity contribution < 1.29 is 10.0 Å². The topological polar surface area (TPSA) is 126 Å². The van der Waals surface area contributed by atoms with Crippen molar-refractivity contribution in [2.75, 3.05) is 17.3 Å². The molecular formula is C9H15N5O3. The molecule has 1 heterocycles. The number of nitrogens with zero attached hydrogens (tertiary/aromatic N) is 2. The SMILES string of the molecule is CC(CCO)Nc1cc([N+](=O)[O-])cc(NN)n1. The number of aliphatic hydroxyl groups excluding tert-OH is 1. The van der Waals surface area contributed by atoms with Gasteiger partial charge in [-0.25, -0.2) is 10.8 Å². The monoisotopic (exact) mass is 241 g/mol. The number of nitrogens with two attached hydrogens (primary N) is 1. The fourth-order valence-corrected chi connectivity index (χ4v) is 1.29. The summed E-state index contributed by atoms with van der Waals surface area (Å²) >= 11 is 0. The van der Waals surface area contributed by atoms with E-state index in [1.54, 1.807) is 0 Å². The third kappa shape index (κ3) is 3.85. The molecule has 17 heavy (non-hydrogen) atoms. The molecule has 1 unspecified atom stereocenters. The summed E-state index contributed by atoms with van der Waals surface area (Å²) in [4.78, 5) is 14.2. The zero-order valence-corrected chi connectivity index (χ0v) is 9.38. The van der Waals surface area contributed by atoms with Crippen LogP contribution in [0.4, 0.5) is 17.3 Å². The Balaban J connectivity index is 2.90. The number of nitrogens with one attached hydrogen (secondary N) is 2. The standard InChI is InChI=1S/C9H15N5O3/c1-6(2-3-15)11-8-4-7(14(16)17)5-9(12-8)13-10/h4-6,15H,2-3,10H2,1H3,(H2,11,12,13). The molecule has 0 fully saturated rings. The van der Waals surface area contributed by atoms with Crippen LogP contribution in [-0.4, -0.2) is 27.7 Å². The normalized spacial score (nSPS) is 11.9. The van der Waals surface area contributed by atoms with Crippen LogP contribution in [0.15, 0.2) is 12.1 Å². The number of aromatic nitrogens is 1. The van der Waals surface area contributed by atoms with Gasteiger partial charge in [0.1, 0.15) is 11.6 Å². The van der Waals surface area contributed by atoms with Gasteiger partial charge in [-0.05, 0) is 13.3 Å². The number of nitro groups is 1. The second kappa shape index (κ2) is 5.97. The van der Waals surface area contributed by atoms with Crippen LogP contribution in [0.25, 0.3) is 0 Å². The number of hydrogen-bond acceptors (Lipinski definition) is 7. The highest BCUT2D eigenvalue weighted by Gasteiger charge is 2.12. The second-order valence-corrected chi connectivity index (χ2v) is 3.55. The van der Waals surface area contributed by atoms with E-state index in [0.717, 1.165) is 0 Å². The molecule has 1 rings (SSSR count). The van der Waals surface area contributed by atoms with Crippen LogP contribution in [0, 0.1) is 10.1 Å². The van der Waals surface area contributed by atoms with Crippen molar-refractivity contribution in [1.82, 2.24) is 4.98 Å². The van der Waals surface area contributed by atoms with Gasteiger partial charge in [0.15, 0.2) is 0 Å². The molecule has 0 aliphatic carbocycles. The highest BCUT2D eigenvalue weighted by molar-refractivity contribution is 5.54. The third-order valence-corrected chi connectivity index (χ3v) is 2.13. The van der Waals surface area contributed by atoms with E-state index in [4.69, 9.17) is 10.9 Å². The summed E-state index contributed by atoms with van der Waals surface area (Å²) in [5.74, 6) is 5.72. The van der Waals surface area contributed by atoms with Crippen LogP contribution in [0.3, 0.4) is 0 Å². The summed E-state index contributed by atoms with van der Waals surface area (Å²) in [5.41, 5.74) is 2.16. The fourth-order valence-electron chi connectivity index (χ4n) is 1.29. The van der Waals surface area contributed by atoms with Crippen molar-refractivity contribution in [3.8, 4) is 0 Å². The number of anilines is 2. The number of hydrogen-bond donors (Lipinski definition) is 4. The molecule has 5 N–H and O–H groups in total. The van der Waals surface area contributed by atoms with E-state index in [1.807, 2.05) is 6.92 Å². The van der Waals surface area contributed by atoms with Crippen molar-refractivity contribution in [2.45, 2.75) is 19.4 Å². The van der Waals surface area contributed by atoms with Crippen LogP contribution in [0.5, 0.6) is 0 Å². The molecule has 1 atom stereocenters. The Morgan fingerprint density at radius 2 is 2.24 bits per heavy atom. The van der Waals surface area contributed by atoms with Gasteiger partial charge in [-0.15, -0.1) is 0 Å². The second-order valence-electron chi connectivity index (χ2n) is 3.55. The van der Waals surface area contributed by atoms with Crippen LogP contribution in [0.2, 0.25) is 0 Å². The summed E-state index contributed by atoms with van der Waals surface area (Å²) in [6.07, 6.45) is 0.524. The van der Waals surface area contributed by atoms with Gasteiger partial charge in [0.2, 0.25) is 0 Å². The van der Waals surface area contributed by atoms with Gasteiger partial charge < -0.3 is 15.8 Å². The van der Waals surface area contributed by atoms with E-state index in [9.17, 15) is 10.1 Å². The molecule has 0 aliphatic rings. The summed E-state index contributed by atoms with van der Waals surface area (Å²) in [7, 11) is 0. The maximum Gasteiger partial charge on any atom is 0.276 e. The first-order valence-electron chi connectivity index (χ1n) is 5.07. The lowest BCUT2D eigenvalue weighted by molar-refractivity contribution is -0.384. The summed E-state index contributed by atoms with van der Waals surface area (Å²) in [6, 6.07) is 2.51. The van der Waals surface area contributed by atoms with Crippen LogP contribution in [-0.2, 0) is 0 Å². The zero-order valence-electron chi connectivity index (χ0n) is 9.38. The molecule has 0 spiro atoms. The number of aliphatic hydroxyl groups is 1. The largest absolute Gasteiger partial charge is 0.396 e. The van der Waals surface area contributed by atoms with Gasteiger partial charge in [-0.1, -0.05) is 0 Å². The Morgan fingerprint density at radius 3 is 2.76 bits per heavy atom. The molecule has 94 valence electrons. The lowest BCUT2D eigenvalue weighted by Gasteiger charge is -2.13. The predicted molar refractivity (Wildman–Crippen MR) is 63.5 cm³/mol. The first-order chi connectivity index (χ1) is 8.06. The minimum Gasteiger partial charge on any atom is -0.396 e. The van der Waals surface area contributed by atoms with E-state index in [2.05, 4.69) is 15.7 Å². The molecule has 8 heteroatoms. The molecule has 0 saturated carbocycles. The van der Waals surface area contributed by atoms with Gasteiger partial charge in [-0.2, -0.15) is 0 Å². The summed E-state index contributed by atoms with van der Waals surface area (Å²) in [6.45, 7) is 1.87. The van der Waals surface area contributed by atoms with E-state index < -0.39 is 4.92 Å². The third-order valence-electron chi connectivity index (χ3n) is 2.13. The summed E-state index contributed by atoms with van der Waals surface area (Å²) in [5, 5.41) is 22.4. The quantitative estimate of drug-likeness (QED) is 0.323. The Kier molecular flexibility index (Phi) is 4.61. The molecular weight excluding hydrogens is 226 g/mol. The predicted octanol–water partition coefficient (Wildman–Crippen LogP) is 0.458. The van der Waals surface area contributed by atoms with Gasteiger partial charge >= 0.3 is 0 Å². The maximum absolute atomic E-state index is 10.7. The molecule has 0 bridgehead atoms. The van der Waals surface area contributed by atoms with Gasteiger partial charge in [-0.3, -0.25) is 10.1 Å². The van der Waals surface area contributed by atoms with E-state index in [0.29, 0.717) is 12.2 Å². The minimum absolute atomic E-state index is 0.0328. The van der Waals surface area contributed by atoms with Crippen molar-refractivity contribution in [3.05, 3.63) is 22.2 Å². The molecule has 0 aliphatic heterocycles. The number of hydrazine groups is 1. The fraction of sp³-hybridized carbons (Fsp3) is 0.444. The van der Waals surface area contributed by atoms with Gasteiger partial charge in [0, 0.05) is 12.6 Å². The smallest absolute Gasteiger partial charge is 0.276 e. The lowest BCUT2D eigenvalue weighted by Crippen LogP contribution is -2.18. The number of rotatable bonds is 6. The molecule has 0 radical (unpaired) electrons. The van der Waals surface area contributed by atoms with Crippen LogP contribution >= 0.6 is 0 Å². The first-order valence-corrected chi connectivity index (χ1v) is 5.07. The Morgan fingerprint density at radius 1 is 1.59 bits per heavy atom. The number of nitrogen functional groups attached to an aromatic ring is 1. The molecule has 0 aromatic carbocycles. The van der Waals surface area contributed by atoms with E-state index in [1.165, 1.54) is 12.1 Å².